The van der Waals surface area contributed by atoms with Crippen LogP contribution in [0, 0.1) is 0 Å². The molecule has 0 bridgehead atoms. The van der Waals surface area contributed by atoms with Gasteiger partial charge in [0.05, 0.1) is 18.8 Å². The van der Waals surface area contributed by atoms with Crippen LogP contribution in [0.5, 0.6) is 0 Å². The molecule has 0 saturated carbocycles. The van der Waals surface area contributed by atoms with Gasteiger partial charge in [0.1, 0.15) is 11.1 Å². The average molecular weight is 560 g/mol. The van der Waals surface area contributed by atoms with E-state index in [0.717, 1.165) is 40.9 Å². The predicted molar refractivity (Wildman–Crippen MR) is 139 cm³/mol. The van der Waals surface area contributed by atoms with Crippen LogP contribution in [0.15, 0.2) is 34.6 Å². The van der Waals surface area contributed by atoms with E-state index in [2.05, 4.69) is 32.8 Å². The van der Waals surface area contributed by atoms with E-state index in [1.165, 1.54) is 0 Å². The normalized spacial score (nSPS) is 12.1. The molecule has 2 N–H and O–H groups in total. The zero-order chi connectivity index (χ0) is 21.9. The second-order valence-corrected chi connectivity index (χ2v) is 7.97. The summed E-state index contributed by atoms with van der Waals surface area (Å²) in [7, 11) is 3.69. The number of aromatic nitrogens is 1. The highest BCUT2D eigenvalue weighted by molar-refractivity contribution is 14.0. The van der Waals surface area contributed by atoms with E-state index in [1.54, 1.807) is 18.4 Å². The molecule has 1 unspecified atom stereocenters. The third-order valence-electron chi connectivity index (χ3n) is 4.47. The van der Waals surface area contributed by atoms with Crippen molar-refractivity contribution in [2.24, 2.45) is 4.99 Å². The van der Waals surface area contributed by atoms with Gasteiger partial charge in [0.25, 0.3) is 0 Å². The van der Waals surface area contributed by atoms with Crippen LogP contribution in [-0.2, 0) is 22.6 Å². The Morgan fingerprint density at radius 2 is 2.13 bits per heavy atom. The lowest BCUT2D eigenvalue weighted by molar-refractivity contribution is -0.116. The highest BCUT2D eigenvalue weighted by atomic mass is 127. The number of nitrogens with one attached hydrogen (secondary N) is 2. The molecule has 0 aliphatic rings. The summed E-state index contributed by atoms with van der Waals surface area (Å²) in [6, 6.07) is 7.83. The van der Waals surface area contributed by atoms with Crippen molar-refractivity contribution in [1.82, 2.24) is 15.2 Å². The molecule has 31 heavy (non-hydrogen) atoms. The van der Waals surface area contributed by atoms with Crippen LogP contribution in [0.3, 0.4) is 0 Å². The lowest BCUT2D eigenvalue weighted by Gasteiger charge is -2.21. The third kappa shape index (κ3) is 9.12. The van der Waals surface area contributed by atoms with Crippen LogP contribution in [0.4, 0.5) is 5.69 Å². The SMILES string of the molecule is CCCC(=O)Nc1cccc(CN=C(NCC)N(C)Cc2csc(C(C)OC)n2)c1.I. The minimum atomic E-state index is 0. The maximum Gasteiger partial charge on any atom is 0.224 e. The van der Waals surface area contributed by atoms with Gasteiger partial charge in [0.2, 0.25) is 5.91 Å². The van der Waals surface area contributed by atoms with Gasteiger partial charge in [-0.3, -0.25) is 4.79 Å². The second kappa shape index (κ2) is 14.4. The van der Waals surface area contributed by atoms with Crippen LogP contribution in [0.25, 0.3) is 0 Å². The fourth-order valence-electron chi connectivity index (χ4n) is 2.83. The van der Waals surface area contributed by atoms with E-state index in [-0.39, 0.29) is 36.0 Å². The van der Waals surface area contributed by atoms with E-state index in [0.29, 0.717) is 19.5 Å². The Kier molecular flexibility index (Phi) is 12.7. The number of methoxy groups -OCH3 is 1. The molecular weight excluding hydrogens is 525 g/mol. The highest BCUT2D eigenvalue weighted by Crippen LogP contribution is 2.21. The maximum atomic E-state index is 11.8. The van der Waals surface area contributed by atoms with Crippen molar-refractivity contribution in [3.8, 4) is 0 Å². The summed E-state index contributed by atoms with van der Waals surface area (Å²) in [5.41, 5.74) is 2.84. The molecule has 0 spiro atoms. The fraction of sp³-hybridized carbons (Fsp3) is 0.500. The molecule has 7 nitrogen and oxygen atoms in total. The predicted octanol–water partition coefficient (Wildman–Crippen LogP) is 4.80. The van der Waals surface area contributed by atoms with Crippen molar-refractivity contribution in [2.45, 2.75) is 52.8 Å². The molecule has 172 valence electrons. The number of aliphatic imine (C=N–C) groups is 1. The monoisotopic (exact) mass is 559 g/mol. The fourth-order valence-corrected chi connectivity index (χ4v) is 3.68. The van der Waals surface area contributed by atoms with Gasteiger partial charge in [-0.2, -0.15) is 0 Å². The van der Waals surface area contributed by atoms with Crippen molar-refractivity contribution in [2.75, 3.05) is 26.0 Å². The number of rotatable bonds is 10. The molecule has 0 fully saturated rings. The Bertz CT molecular complexity index is 843. The number of benzene rings is 1. The number of nitrogens with zero attached hydrogens (tertiary/aromatic N) is 3. The number of hydrogen-bond acceptors (Lipinski definition) is 5. The first-order valence-corrected chi connectivity index (χ1v) is 11.2. The van der Waals surface area contributed by atoms with Gasteiger partial charge < -0.3 is 20.3 Å². The van der Waals surface area contributed by atoms with Gasteiger partial charge in [-0.25, -0.2) is 9.98 Å². The van der Waals surface area contributed by atoms with Crippen LogP contribution in [0.2, 0.25) is 0 Å². The lowest BCUT2D eigenvalue weighted by atomic mass is 10.2. The number of ether oxygens (including phenoxy) is 1. The van der Waals surface area contributed by atoms with Gasteiger partial charge in [-0.1, -0.05) is 19.1 Å². The lowest BCUT2D eigenvalue weighted by Crippen LogP contribution is -2.38. The summed E-state index contributed by atoms with van der Waals surface area (Å²) in [6.45, 7) is 8.00. The van der Waals surface area contributed by atoms with E-state index in [9.17, 15) is 4.79 Å². The van der Waals surface area contributed by atoms with Crippen LogP contribution in [-0.4, -0.2) is 42.5 Å². The Morgan fingerprint density at radius 1 is 1.35 bits per heavy atom. The molecule has 0 saturated heterocycles. The number of halogens is 1. The molecule has 1 atom stereocenters. The number of amides is 1. The molecule has 2 aromatic rings. The molecule has 0 radical (unpaired) electrons. The largest absolute Gasteiger partial charge is 0.375 e. The number of guanidine groups is 1. The molecule has 0 aliphatic heterocycles. The van der Waals surface area contributed by atoms with Gasteiger partial charge in [-0.15, -0.1) is 35.3 Å². The van der Waals surface area contributed by atoms with Crippen molar-refractivity contribution in [3.63, 3.8) is 0 Å². The maximum absolute atomic E-state index is 11.8. The first-order chi connectivity index (χ1) is 14.5. The van der Waals surface area contributed by atoms with Gasteiger partial charge >= 0.3 is 0 Å². The van der Waals surface area contributed by atoms with Crippen molar-refractivity contribution >= 4 is 52.9 Å². The van der Waals surface area contributed by atoms with Crippen molar-refractivity contribution in [1.29, 1.82) is 0 Å². The summed E-state index contributed by atoms with van der Waals surface area (Å²) in [4.78, 5) is 23.3. The molecule has 0 aliphatic carbocycles. The molecule has 1 amide bonds. The summed E-state index contributed by atoms with van der Waals surface area (Å²) >= 11 is 1.61. The molecule has 9 heteroatoms. The molecule has 1 heterocycles. The molecular formula is C22H34IN5O2S. The summed E-state index contributed by atoms with van der Waals surface area (Å²) < 4.78 is 5.35. The Morgan fingerprint density at radius 3 is 2.81 bits per heavy atom. The summed E-state index contributed by atoms with van der Waals surface area (Å²) in [5.74, 6) is 0.851. The van der Waals surface area contributed by atoms with Crippen molar-refractivity contribution < 1.29 is 9.53 Å². The number of carbonyl (C=O) groups excluding carboxylic acids is 1. The summed E-state index contributed by atoms with van der Waals surface area (Å²) in [6.07, 6.45) is 1.36. The van der Waals surface area contributed by atoms with E-state index < -0.39 is 0 Å². The molecule has 1 aromatic heterocycles. The van der Waals surface area contributed by atoms with Gasteiger partial charge in [0, 0.05) is 38.2 Å². The minimum absolute atomic E-state index is 0. The standard InChI is InChI=1S/C22H33N5O2S.HI/c1-6-9-20(28)25-18-11-8-10-17(12-18)13-24-22(23-7-2)27(4)14-19-15-30-21(26-19)16(3)29-5;/h8,10-12,15-16H,6-7,9,13-14H2,1-5H3,(H,23,24)(H,25,28);1H. The molecule has 1 aromatic carbocycles. The van der Waals surface area contributed by atoms with Crippen LogP contribution >= 0.6 is 35.3 Å². The number of hydrogen-bond donors (Lipinski definition) is 2. The minimum Gasteiger partial charge on any atom is -0.375 e. The number of thiazole rings is 1. The molecule has 2 rings (SSSR count). The zero-order valence-electron chi connectivity index (χ0n) is 19.0. The van der Waals surface area contributed by atoms with E-state index in [4.69, 9.17) is 9.73 Å². The van der Waals surface area contributed by atoms with Crippen LogP contribution in [0.1, 0.15) is 56.0 Å². The Balaban J connectivity index is 0.00000480. The number of anilines is 1. The highest BCUT2D eigenvalue weighted by Gasteiger charge is 2.13. The Hall–Kier alpha value is -1.72. The third-order valence-corrected chi connectivity index (χ3v) is 5.52. The first-order valence-electron chi connectivity index (χ1n) is 10.3. The second-order valence-electron chi connectivity index (χ2n) is 7.08. The summed E-state index contributed by atoms with van der Waals surface area (Å²) in [5, 5.41) is 9.31. The van der Waals surface area contributed by atoms with Gasteiger partial charge in [-0.05, 0) is 38.0 Å². The topological polar surface area (TPSA) is 78.9 Å². The van der Waals surface area contributed by atoms with E-state index in [1.807, 2.05) is 45.2 Å². The van der Waals surface area contributed by atoms with E-state index >= 15 is 0 Å². The zero-order valence-corrected chi connectivity index (χ0v) is 22.1. The van der Waals surface area contributed by atoms with Crippen LogP contribution < -0.4 is 10.6 Å². The average Bonchev–Trinajstić information content (AvgIpc) is 3.19. The van der Waals surface area contributed by atoms with Crippen molar-refractivity contribution in [3.05, 3.63) is 45.9 Å². The smallest absolute Gasteiger partial charge is 0.224 e. The number of carbonyl (C=O) groups is 1. The van der Waals surface area contributed by atoms with Gasteiger partial charge in [0.15, 0.2) is 5.96 Å². The Labute approximate surface area is 206 Å². The quantitative estimate of drug-likeness (QED) is 0.248. The first kappa shape index (κ1) is 27.3.